The van der Waals surface area contributed by atoms with E-state index in [-0.39, 0.29) is 0 Å². The molecule has 35 heavy (non-hydrogen) atoms. The van der Waals surface area contributed by atoms with E-state index in [1.165, 1.54) is 43.8 Å². The quantitative estimate of drug-likeness (QED) is 0.205. The molecule has 0 amide bonds. The Bertz CT molecular complexity index is 1480. The van der Waals surface area contributed by atoms with Crippen LogP contribution in [-0.4, -0.2) is 18.3 Å². The van der Waals surface area contributed by atoms with Crippen molar-refractivity contribution in [3.63, 3.8) is 0 Å². The molecule has 1 aliphatic heterocycles. The molecule has 1 saturated heterocycles. The van der Waals surface area contributed by atoms with Gasteiger partial charge in [-0.15, -0.1) is 0 Å². The summed E-state index contributed by atoms with van der Waals surface area (Å²) in [6.07, 6.45) is 0. The minimum Gasteiger partial charge on any atom is -0.399 e. The van der Waals surface area contributed by atoms with Crippen LogP contribution in [-0.2, 0) is 9.31 Å². The maximum Gasteiger partial charge on any atom is 0.496 e. The highest BCUT2D eigenvalue weighted by Gasteiger charge is 2.52. The fraction of sp³-hybridized carbons (Fsp3) is 0.188. The molecule has 0 aromatic heterocycles. The Hall–Kier alpha value is -3.40. The van der Waals surface area contributed by atoms with Gasteiger partial charge in [0, 0.05) is 0 Å². The lowest BCUT2D eigenvalue weighted by molar-refractivity contribution is 0.00578. The van der Waals surface area contributed by atoms with Gasteiger partial charge in [0.2, 0.25) is 0 Å². The van der Waals surface area contributed by atoms with E-state index in [9.17, 15) is 0 Å². The standard InChI is InChI=1S/C32H29BO2/c1-31(2)32(3,4)35-33(34-31)30-27-19-10-8-17-25(27)29(26-18-9-11-20-28(26)30)24-16-12-15-23(21-24)22-13-6-5-7-14-22/h5-21H,1-4H3. The van der Waals surface area contributed by atoms with Gasteiger partial charge in [-0.3, -0.25) is 0 Å². The lowest BCUT2D eigenvalue weighted by atomic mass is 9.71. The van der Waals surface area contributed by atoms with Gasteiger partial charge in [0.05, 0.1) is 11.2 Å². The second-order valence-electron chi connectivity index (χ2n) is 10.4. The summed E-state index contributed by atoms with van der Waals surface area (Å²) < 4.78 is 13.1. The maximum absolute atomic E-state index is 6.57. The second-order valence-corrected chi connectivity index (χ2v) is 10.4. The Morgan fingerprint density at radius 1 is 0.486 bits per heavy atom. The minimum absolute atomic E-state index is 0.400. The third kappa shape index (κ3) is 3.58. The van der Waals surface area contributed by atoms with Crippen LogP contribution >= 0.6 is 0 Å². The molecule has 0 N–H and O–H groups in total. The van der Waals surface area contributed by atoms with E-state index in [4.69, 9.17) is 9.31 Å². The van der Waals surface area contributed by atoms with Gasteiger partial charge < -0.3 is 9.31 Å². The van der Waals surface area contributed by atoms with E-state index in [0.717, 1.165) is 5.46 Å². The number of fused-ring (bicyclic) bond motifs is 2. The zero-order chi connectivity index (χ0) is 24.2. The fourth-order valence-electron chi connectivity index (χ4n) is 5.17. The molecule has 172 valence electrons. The summed E-state index contributed by atoms with van der Waals surface area (Å²) in [5.74, 6) is 0. The summed E-state index contributed by atoms with van der Waals surface area (Å²) in [6, 6.07) is 36.7. The Morgan fingerprint density at radius 3 is 1.51 bits per heavy atom. The molecule has 0 aliphatic carbocycles. The summed E-state index contributed by atoms with van der Waals surface area (Å²) in [6.45, 7) is 8.45. The van der Waals surface area contributed by atoms with Crippen molar-refractivity contribution in [3.8, 4) is 22.3 Å². The predicted octanol–water partition coefficient (Wildman–Crippen LogP) is 7.63. The molecule has 6 rings (SSSR count). The van der Waals surface area contributed by atoms with Crippen LogP contribution in [0.15, 0.2) is 103 Å². The summed E-state index contributed by atoms with van der Waals surface area (Å²) in [5.41, 5.74) is 5.19. The van der Waals surface area contributed by atoms with Gasteiger partial charge in [-0.2, -0.15) is 0 Å². The van der Waals surface area contributed by atoms with Gasteiger partial charge in [0.1, 0.15) is 0 Å². The van der Waals surface area contributed by atoms with Gasteiger partial charge in [-0.1, -0.05) is 97.1 Å². The van der Waals surface area contributed by atoms with Crippen molar-refractivity contribution in [2.24, 2.45) is 0 Å². The van der Waals surface area contributed by atoms with E-state index in [1.54, 1.807) is 0 Å². The zero-order valence-electron chi connectivity index (χ0n) is 20.7. The van der Waals surface area contributed by atoms with Crippen LogP contribution in [0.5, 0.6) is 0 Å². The molecule has 1 fully saturated rings. The molecule has 0 atom stereocenters. The highest BCUT2D eigenvalue weighted by Crippen LogP contribution is 2.41. The van der Waals surface area contributed by atoms with Crippen LogP contribution in [0.1, 0.15) is 27.7 Å². The fourth-order valence-corrected chi connectivity index (χ4v) is 5.17. The van der Waals surface area contributed by atoms with Crippen molar-refractivity contribution < 1.29 is 9.31 Å². The Morgan fingerprint density at radius 2 is 0.943 bits per heavy atom. The average Bonchev–Trinajstić information content (AvgIpc) is 3.09. The Balaban J connectivity index is 1.63. The monoisotopic (exact) mass is 456 g/mol. The van der Waals surface area contributed by atoms with Crippen LogP contribution in [0, 0.1) is 0 Å². The second kappa shape index (κ2) is 8.08. The van der Waals surface area contributed by atoms with E-state index < -0.39 is 18.3 Å². The van der Waals surface area contributed by atoms with Gasteiger partial charge in [-0.25, -0.2) is 0 Å². The van der Waals surface area contributed by atoms with E-state index >= 15 is 0 Å². The molecule has 0 bridgehead atoms. The topological polar surface area (TPSA) is 18.5 Å². The normalized spacial score (nSPS) is 16.7. The summed E-state index contributed by atoms with van der Waals surface area (Å²) in [5, 5.41) is 4.76. The Kier molecular flexibility index (Phi) is 5.10. The third-order valence-corrected chi connectivity index (χ3v) is 7.72. The van der Waals surface area contributed by atoms with E-state index in [1.807, 2.05) is 0 Å². The smallest absolute Gasteiger partial charge is 0.399 e. The molecule has 2 nitrogen and oxygen atoms in total. The lowest BCUT2D eigenvalue weighted by Crippen LogP contribution is -2.41. The predicted molar refractivity (Wildman–Crippen MR) is 148 cm³/mol. The number of hydrogen-bond donors (Lipinski definition) is 0. The van der Waals surface area contributed by atoms with E-state index in [2.05, 4.69) is 131 Å². The molecular weight excluding hydrogens is 427 g/mol. The molecule has 0 saturated carbocycles. The number of benzene rings is 5. The molecule has 0 unspecified atom stereocenters. The number of rotatable bonds is 3. The summed E-state index contributed by atoms with van der Waals surface area (Å²) in [7, 11) is -0.431. The first-order chi connectivity index (χ1) is 16.9. The van der Waals surface area contributed by atoms with Gasteiger partial charge in [0.15, 0.2) is 0 Å². The number of hydrogen-bond acceptors (Lipinski definition) is 2. The molecule has 1 aliphatic rings. The van der Waals surface area contributed by atoms with Crippen LogP contribution in [0.3, 0.4) is 0 Å². The molecule has 0 radical (unpaired) electrons. The maximum atomic E-state index is 6.57. The van der Waals surface area contributed by atoms with Crippen molar-refractivity contribution >= 4 is 34.1 Å². The first-order valence-electron chi connectivity index (χ1n) is 12.3. The van der Waals surface area contributed by atoms with Crippen molar-refractivity contribution in [1.29, 1.82) is 0 Å². The van der Waals surface area contributed by atoms with Crippen LogP contribution in [0.25, 0.3) is 43.8 Å². The summed E-state index contributed by atoms with van der Waals surface area (Å²) >= 11 is 0. The van der Waals surface area contributed by atoms with E-state index in [0.29, 0.717) is 0 Å². The van der Waals surface area contributed by atoms with Gasteiger partial charge in [-0.05, 0) is 83.0 Å². The van der Waals surface area contributed by atoms with Crippen molar-refractivity contribution in [1.82, 2.24) is 0 Å². The van der Waals surface area contributed by atoms with Gasteiger partial charge in [0.25, 0.3) is 0 Å². The molecule has 0 spiro atoms. The molecule has 5 aromatic carbocycles. The molecular formula is C32H29BO2. The SMILES string of the molecule is CC1(C)OB(c2c3ccccc3c(-c3cccc(-c4ccccc4)c3)c3ccccc23)OC1(C)C. The van der Waals surface area contributed by atoms with Crippen LogP contribution in [0.2, 0.25) is 0 Å². The summed E-state index contributed by atoms with van der Waals surface area (Å²) in [4.78, 5) is 0. The van der Waals surface area contributed by atoms with Crippen LogP contribution in [0.4, 0.5) is 0 Å². The first-order valence-corrected chi connectivity index (χ1v) is 12.3. The highest BCUT2D eigenvalue weighted by atomic mass is 16.7. The molecule has 5 aromatic rings. The van der Waals surface area contributed by atoms with Crippen molar-refractivity contribution in [2.75, 3.05) is 0 Å². The Labute approximate surface area is 207 Å². The minimum atomic E-state index is -0.431. The largest absolute Gasteiger partial charge is 0.496 e. The highest BCUT2D eigenvalue weighted by molar-refractivity contribution is 6.68. The van der Waals surface area contributed by atoms with Crippen molar-refractivity contribution in [2.45, 2.75) is 38.9 Å². The van der Waals surface area contributed by atoms with Gasteiger partial charge >= 0.3 is 7.12 Å². The first kappa shape index (κ1) is 22.1. The lowest BCUT2D eigenvalue weighted by Gasteiger charge is -2.32. The molecule has 1 heterocycles. The van der Waals surface area contributed by atoms with Crippen LogP contribution < -0.4 is 5.46 Å². The molecule has 3 heteroatoms. The average molecular weight is 456 g/mol. The third-order valence-electron chi connectivity index (χ3n) is 7.72. The van der Waals surface area contributed by atoms with Crippen molar-refractivity contribution in [3.05, 3.63) is 103 Å². The zero-order valence-corrected chi connectivity index (χ0v) is 20.7.